The summed E-state index contributed by atoms with van der Waals surface area (Å²) in [6.07, 6.45) is 5.37. The van der Waals surface area contributed by atoms with Crippen LogP contribution in [0.4, 0.5) is 0 Å². The predicted molar refractivity (Wildman–Crippen MR) is 130 cm³/mol. The van der Waals surface area contributed by atoms with Gasteiger partial charge in [-0.2, -0.15) is 5.10 Å². The molecule has 0 aliphatic heterocycles. The van der Waals surface area contributed by atoms with Crippen LogP contribution in [0.3, 0.4) is 0 Å². The second kappa shape index (κ2) is 7.25. The third-order valence-electron chi connectivity index (χ3n) is 5.46. The van der Waals surface area contributed by atoms with Gasteiger partial charge >= 0.3 is 0 Å². The molecule has 0 radical (unpaired) electrons. The molecule has 6 nitrogen and oxygen atoms in total. The maximum atomic E-state index is 4.89. The third kappa shape index (κ3) is 3.02. The van der Waals surface area contributed by atoms with Crippen LogP contribution in [0.25, 0.3) is 60.7 Å². The molecule has 0 aliphatic rings. The van der Waals surface area contributed by atoms with Gasteiger partial charge in [0.25, 0.3) is 0 Å². The van der Waals surface area contributed by atoms with E-state index >= 15 is 0 Å². The molecule has 0 aliphatic carbocycles. The first-order valence-electron chi connectivity index (χ1n) is 10.2. The molecule has 6 aromatic rings. The summed E-state index contributed by atoms with van der Waals surface area (Å²) < 4.78 is 0. The van der Waals surface area contributed by atoms with Crippen molar-refractivity contribution in [3.63, 3.8) is 0 Å². The Morgan fingerprint density at radius 1 is 1.00 bits per heavy atom. The fourth-order valence-electron chi connectivity index (χ4n) is 3.85. The van der Waals surface area contributed by atoms with Gasteiger partial charge in [0, 0.05) is 44.9 Å². The predicted octanol–water partition coefficient (Wildman–Crippen LogP) is 6.32. The fourth-order valence-corrected chi connectivity index (χ4v) is 4.82. The van der Waals surface area contributed by atoms with Crippen molar-refractivity contribution in [1.82, 2.24) is 30.1 Å². The highest BCUT2D eigenvalue weighted by Crippen LogP contribution is 2.37. The van der Waals surface area contributed by atoms with Gasteiger partial charge in [-0.25, -0.2) is 9.97 Å². The lowest BCUT2D eigenvalue weighted by Gasteiger charge is -2.00. The van der Waals surface area contributed by atoms with Crippen LogP contribution in [0, 0.1) is 0 Å². The highest BCUT2D eigenvalue weighted by Gasteiger charge is 2.16. The summed E-state index contributed by atoms with van der Waals surface area (Å²) >= 11 is 1.74. The second-order valence-corrected chi connectivity index (χ2v) is 8.73. The first-order chi connectivity index (χ1) is 15.7. The first-order valence-corrected chi connectivity index (χ1v) is 11.0. The smallest absolute Gasteiger partial charge is 0.138 e. The minimum Gasteiger partial charge on any atom is -0.338 e. The Morgan fingerprint density at radius 2 is 1.88 bits per heavy atom. The van der Waals surface area contributed by atoms with E-state index in [-0.39, 0.29) is 0 Å². The average Bonchev–Trinajstić information content (AvgIpc) is 3.56. The molecular formula is C25H18N6S. The monoisotopic (exact) mass is 434 g/mol. The lowest BCUT2D eigenvalue weighted by molar-refractivity contribution is 1.12. The van der Waals surface area contributed by atoms with Gasteiger partial charge in [0.05, 0.1) is 16.9 Å². The quantitative estimate of drug-likeness (QED) is 0.340. The van der Waals surface area contributed by atoms with Gasteiger partial charge < -0.3 is 4.98 Å². The molecule has 0 aromatic carbocycles. The van der Waals surface area contributed by atoms with Crippen molar-refractivity contribution in [3.8, 4) is 33.1 Å². The fraction of sp³-hybridized carbons (Fsp3) is 0.0400. The normalized spacial score (nSPS) is 11.4. The number of fused-ring (bicyclic) bond motifs is 2. The van der Waals surface area contributed by atoms with Gasteiger partial charge in [-0.05, 0) is 61.0 Å². The summed E-state index contributed by atoms with van der Waals surface area (Å²) in [6, 6.07) is 16.3. The van der Waals surface area contributed by atoms with Crippen molar-refractivity contribution in [1.29, 1.82) is 0 Å². The Bertz CT molecular complexity index is 1610. The molecule has 154 valence electrons. The first kappa shape index (κ1) is 18.7. The molecule has 7 heteroatoms. The van der Waals surface area contributed by atoms with Crippen molar-refractivity contribution in [2.45, 2.75) is 6.92 Å². The molecule has 6 heterocycles. The van der Waals surface area contributed by atoms with Crippen molar-refractivity contribution >= 4 is 39.0 Å². The largest absolute Gasteiger partial charge is 0.338 e. The standard InChI is InChI=1S/C25H18N6S/c1-14(2)21-5-6-22(32-21)16-9-12-27-25-17(16)13-20(29-25)24-23-19(30-31-24)4-3-18(28-23)15-7-10-26-11-8-15/h3-13H,1H2,2H3,(H,27,29)(H,30,31). The maximum absolute atomic E-state index is 4.89. The van der Waals surface area contributed by atoms with E-state index in [0.29, 0.717) is 0 Å². The zero-order chi connectivity index (χ0) is 21.7. The molecule has 32 heavy (non-hydrogen) atoms. The van der Waals surface area contributed by atoms with Gasteiger partial charge in [0.15, 0.2) is 0 Å². The number of aromatic amines is 2. The summed E-state index contributed by atoms with van der Waals surface area (Å²) in [5.41, 5.74) is 8.27. The topological polar surface area (TPSA) is 83.1 Å². The summed E-state index contributed by atoms with van der Waals surface area (Å²) in [7, 11) is 0. The molecule has 6 rings (SSSR count). The number of hydrogen-bond acceptors (Lipinski definition) is 5. The number of thiophene rings is 1. The van der Waals surface area contributed by atoms with Gasteiger partial charge in [-0.3, -0.25) is 10.1 Å². The van der Waals surface area contributed by atoms with E-state index in [1.165, 1.54) is 9.75 Å². The van der Waals surface area contributed by atoms with Crippen LogP contribution in [0.1, 0.15) is 11.8 Å². The summed E-state index contributed by atoms with van der Waals surface area (Å²) in [4.78, 5) is 19.3. The van der Waals surface area contributed by atoms with Crippen LogP contribution in [-0.4, -0.2) is 30.1 Å². The Hall–Kier alpha value is -4.10. The van der Waals surface area contributed by atoms with E-state index < -0.39 is 0 Å². The van der Waals surface area contributed by atoms with Crippen LogP contribution < -0.4 is 0 Å². The van der Waals surface area contributed by atoms with E-state index in [2.05, 4.69) is 56.0 Å². The minimum atomic E-state index is 0.772. The van der Waals surface area contributed by atoms with Crippen molar-refractivity contribution in [2.75, 3.05) is 0 Å². The highest BCUT2D eigenvalue weighted by atomic mass is 32.1. The summed E-state index contributed by atoms with van der Waals surface area (Å²) in [5, 5.41) is 8.71. The number of H-pyrrole nitrogens is 2. The van der Waals surface area contributed by atoms with Crippen LogP contribution >= 0.6 is 11.3 Å². The SMILES string of the molecule is C=C(C)c1ccc(-c2ccnc3[nH]c(-c4n[nH]c5ccc(-c6ccncc6)nc45)cc23)s1. The van der Waals surface area contributed by atoms with E-state index in [1.54, 1.807) is 23.7 Å². The number of allylic oxidation sites excluding steroid dienone is 1. The molecule has 0 atom stereocenters. The third-order valence-corrected chi connectivity index (χ3v) is 6.74. The number of pyridine rings is 3. The molecule has 0 saturated heterocycles. The molecule has 2 N–H and O–H groups in total. The van der Waals surface area contributed by atoms with Crippen LogP contribution in [0.5, 0.6) is 0 Å². The Morgan fingerprint density at radius 3 is 2.69 bits per heavy atom. The van der Waals surface area contributed by atoms with E-state index in [0.717, 1.165) is 55.8 Å². The zero-order valence-corrected chi connectivity index (χ0v) is 18.1. The summed E-state index contributed by atoms with van der Waals surface area (Å²) in [5.74, 6) is 0. The molecular weight excluding hydrogens is 416 g/mol. The molecule has 0 amide bonds. The van der Waals surface area contributed by atoms with Gasteiger partial charge in [-0.15, -0.1) is 11.3 Å². The molecule has 0 bridgehead atoms. The molecule has 0 fully saturated rings. The van der Waals surface area contributed by atoms with Gasteiger partial charge in [0.1, 0.15) is 16.9 Å². The zero-order valence-electron chi connectivity index (χ0n) is 17.3. The highest BCUT2D eigenvalue weighted by molar-refractivity contribution is 7.16. The number of nitrogens with one attached hydrogen (secondary N) is 2. The maximum Gasteiger partial charge on any atom is 0.138 e. The average molecular weight is 435 g/mol. The van der Waals surface area contributed by atoms with E-state index in [4.69, 9.17) is 4.98 Å². The number of hydrogen-bond donors (Lipinski definition) is 2. The number of aromatic nitrogens is 6. The van der Waals surface area contributed by atoms with Crippen LogP contribution in [0.2, 0.25) is 0 Å². The van der Waals surface area contributed by atoms with E-state index in [9.17, 15) is 0 Å². The lowest BCUT2D eigenvalue weighted by Crippen LogP contribution is -1.86. The van der Waals surface area contributed by atoms with Gasteiger partial charge in [-0.1, -0.05) is 6.58 Å². The van der Waals surface area contributed by atoms with Crippen LogP contribution in [0.15, 0.2) is 73.7 Å². The molecule has 0 unspecified atom stereocenters. The minimum absolute atomic E-state index is 0.772. The Labute approximate surface area is 187 Å². The Kier molecular flexibility index (Phi) is 4.22. The second-order valence-electron chi connectivity index (χ2n) is 7.65. The van der Waals surface area contributed by atoms with Gasteiger partial charge in [0.2, 0.25) is 0 Å². The number of rotatable bonds is 4. The number of nitrogens with zero attached hydrogens (tertiary/aromatic N) is 4. The van der Waals surface area contributed by atoms with Crippen molar-refractivity contribution < 1.29 is 0 Å². The molecule has 0 spiro atoms. The lowest BCUT2D eigenvalue weighted by atomic mass is 10.1. The van der Waals surface area contributed by atoms with Crippen LogP contribution in [-0.2, 0) is 0 Å². The Balaban J connectivity index is 1.49. The van der Waals surface area contributed by atoms with Crippen molar-refractivity contribution in [3.05, 3.63) is 78.6 Å². The molecule has 6 aromatic heterocycles. The van der Waals surface area contributed by atoms with E-state index in [1.807, 2.05) is 37.4 Å². The molecule has 0 saturated carbocycles. The summed E-state index contributed by atoms with van der Waals surface area (Å²) in [6.45, 7) is 6.09. The van der Waals surface area contributed by atoms with Crippen molar-refractivity contribution in [2.24, 2.45) is 0 Å².